The standard InChI is InChI=1S/C19H26N2O4/c1-14-12-21(7-8-23-14)19(22)13-20-6-2-3-16(20)15-4-5-17-18(11-15)25-10-9-24-17/h4-5,11,14,16H,2-3,6-10,12-13H2,1H3/t14-,16-/m1/s1. The normalized spacial score (nSPS) is 26.7. The molecule has 2 saturated heterocycles. The Morgan fingerprint density at radius 3 is 2.84 bits per heavy atom. The molecule has 0 saturated carbocycles. The number of carbonyl (C=O) groups is 1. The second-order valence-corrected chi connectivity index (χ2v) is 7.05. The summed E-state index contributed by atoms with van der Waals surface area (Å²) in [4.78, 5) is 16.9. The third-order valence-corrected chi connectivity index (χ3v) is 5.25. The first-order valence-electron chi connectivity index (χ1n) is 9.23. The van der Waals surface area contributed by atoms with Crippen molar-refractivity contribution >= 4 is 5.91 Å². The Labute approximate surface area is 148 Å². The summed E-state index contributed by atoms with van der Waals surface area (Å²) in [6.45, 7) is 6.70. The quantitative estimate of drug-likeness (QED) is 0.836. The zero-order chi connectivity index (χ0) is 17.2. The van der Waals surface area contributed by atoms with Gasteiger partial charge < -0.3 is 19.1 Å². The fourth-order valence-electron chi connectivity index (χ4n) is 3.98. The van der Waals surface area contributed by atoms with Gasteiger partial charge in [0.05, 0.1) is 19.3 Å². The zero-order valence-electron chi connectivity index (χ0n) is 14.8. The molecule has 0 spiro atoms. The smallest absolute Gasteiger partial charge is 0.236 e. The van der Waals surface area contributed by atoms with Crippen LogP contribution in [0.2, 0.25) is 0 Å². The van der Waals surface area contributed by atoms with Crippen molar-refractivity contribution in [1.29, 1.82) is 0 Å². The summed E-state index contributed by atoms with van der Waals surface area (Å²) >= 11 is 0. The maximum atomic E-state index is 12.7. The van der Waals surface area contributed by atoms with E-state index in [1.165, 1.54) is 5.56 Å². The van der Waals surface area contributed by atoms with Crippen LogP contribution in [0.4, 0.5) is 0 Å². The van der Waals surface area contributed by atoms with Crippen LogP contribution in [0.25, 0.3) is 0 Å². The topological polar surface area (TPSA) is 51.2 Å². The van der Waals surface area contributed by atoms with Crippen LogP contribution in [0.3, 0.4) is 0 Å². The lowest BCUT2D eigenvalue weighted by atomic mass is 10.0. The molecule has 0 radical (unpaired) electrons. The molecule has 2 fully saturated rings. The molecule has 1 aromatic rings. The molecule has 25 heavy (non-hydrogen) atoms. The molecular formula is C19H26N2O4. The van der Waals surface area contributed by atoms with Gasteiger partial charge in [-0.1, -0.05) is 6.07 Å². The van der Waals surface area contributed by atoms with Gasteiger partial charge in [-0.15, -0.1) is 0 Å². The van der Waals surface area contributed by atoms with E-state index < -0.39 is 0 Å². The molecular weight excluding hydrogens is 320 g/mol. The predicted molar refractivity (Wildman–Crippen MR) is 93.0 cm³/mol. The van der Waals surface area contributed by atoms with Gasteiger partial charge in [0, 0.05) is 19.1 Å². The number of fused-ring (bicyclic) bond motifs is 1. The van der Waals surface area contributed by atoms with E-state index in [-0.39, 0.29) is 18.1 Å². The van der Waals surface area contributed by atoms with Crippen LogP contribution in [0.5, 0.6) is 11.5 Å². The summed E-state index contributed by atoms with van der Waals surface area (Å²) in [7, 11) is 0. The lowest BCUT2D eigenvalue weighted by Crippen LogP contribution is -2.48. The van der Waals surface area contributed by atoms with Gasteiger partial charge >= 0.3 is 0 Å². The molecule has 3 aliphatic heterocycles. The van der Waals surface area contributed by atoms with Gasteiger partial charge in [0.15, 0.2) is 11.5 Å². The Balaban J connectivity index is 1.44. The molecule has 1 amide bonds. The fourth-order valence-corrected chi connectivity index (χ4v) is 3.98. The van der Waals surface area contributed by atoms with Crippen molar-refractivity contribution < 1.29 is 19.0 Å². The highest BCUT2D eigenvalue weighted by molar-refractivity contribution is 5.78. The number of hydrogen-bond acceptors (Lipinski definition) is 5. The van der Waals surface area contributed by atoms with Gasteiger partial charge in [0.2, 0.25) is 5.91 Å². The fraction of sp³-hybridized carbons (Fsp3) is 0.632. The van der Waals surface area contributed by atoms with E-state index in [1.807, 2.05) is 17.9 Å². The van der Waals surface area contributed by atoms with Gasteiger partial charge in [-0.05, 0) is 44.0 Å². The Kier molecular flexibility index (Phi) is 4.81. The molecule has 6 heteroatoms. The van der Waals surface area contributed by atoms with E-state index >= 15 is 0 Å². The van der Waals surface area contributed by atoms with E-state index in [9.17, 15) is 4.79 Å². The van der Waals surface area contributed by atoms with Crippen LogP contribution in [0, 0.1) is 0 Å². The van der Waals surface area contributed by atoms with Gasteiger partial charge in [0.25, 0.3) is 0 Å². The highest BCUT2D eigenvalue weighted by Crippen LogP contribution is 2.37. The Morgan fingerprint density at radius 2 is 2.00 bits per heavy atom. The minimum atomic E-state index is 0.130. The molecule has 0 aromatic heterocycles. The summed E-state index contributed by atoms with van der Waals surface area (Å²) in [5, 5.41) is 0. The summed E-state index contributed by atoms with van der Waals surface area (Å²) in [6, 6.07) is 6.46. The number of amides is 1. The monoisotopic (exact) mass is 346 g/mol. The highest BCUT2D eigenvalue weighted by atomic mass is 16.6. The largest absolute Gasteiger partial charge is 0.486 e. The molecule has 0 N–H and O–H groups in total. The highest BCUT2D eigenvalue weighted by Gasteiger charge is 2.31. The van der Waals surface area contributed by atoms with Crippen molar-refractivity contribution in [2.75, 3.05) is 46.0 Å². The number of morpholine rings is 1. The van der Waals surface area contributed by atoms with Gasteiger partial charge in [-0.2, -0.15) is 0 Å². The summed E-state index contributed by atoms with van der Waals surface area (Å²) < 4.78 is 16.9. The molecule has 4 rings (SSSR count). The molecule has 2 atom stereocenters. The third-order valence-electron chi connectivity index (χ3n) is 5.25. The molecule has 6 nitrogen and oxygen atoms in total. The van der Waals surface area contributed by atoms with Gasteiger partial charge in [-0.3, -0.25) is 9.69 Å². The summed E-state index contributed by atoms with van der Waals surface area (Å²) in [5.41, 5.74) is 1.21. The Morgan fingerprint density at radius 1 is 1.16 bits per heavy atom. The summed E-state index contributed by atoms with van der Waals surface area (Å²) in [5.74, 6) is 1.85. The van der Waals surface area contributed by atoms with Crippen molar-refractivity contribution in [2.45, 2.75) is 31.9 Å². The first-order chi connectivity index (χ1) is 12.2. The first-order valence-corrected chi connectivity index (χ1v) is 9.23. The average molecular weight is 346 g/mol. The van der Waals surface area contributed by atoms with Crippen LogP contribution < -0.4 is 9.47 Å². The molecule has 3 aliphatic rings. The van der Waals surface area contributed by atoms with Gasteiger partial charge in [0.1, 0.15) is 13.2 Å². The van der Waals surface area contributed by atoms with Gasteiger partial charge in [-0.25, -0.2) is 0 Å². The SMILES string of the molecule is C[C@@H]1CN(C(=O)CN2CCC[C@@H]2c2ccc3c(c2)OCCO3)CCO1. The third kappa shape index (κ3) is 3.60. The second-order valence-electron chi connectivity index (χ2n) is 7.05. The van der Waals surface area contributed by atoms with Crippen LogP contribution >= 0.6 is 0 Å². The lowest BCUT2D eigenvalue weighted by Gasteiger charge is -2.33. The Hall–Kier alpha value is -1.79. The Bertz CT molecular complexity index is 636. The second kappa shape index (κ2) is 7.22. The molecule has 3 heterocycles. The van der Waals surface area contributed by atoms with E-state index in [2.05, 4.69) is 17.0 Å². The summed E-state index contributed by atoms with van der Waals surface area (Å²) in [6.07, 6.45) is 2.32. The predicted octanol–water partition coefficient (Wildman–Crippen LogP) is 1.84. The molecule has 136 valence electrons. The number of carbonyl (C=O) groups excluding carboxylic acids is 1. The van der Waals surface area contributed by atoms with E-state index in [4.69, 9.17) is 14.2 Å². The van der Waals surface area contributed by atoms with Crippen molar-refractivity contribution in [2.24, 2.45) is 0 Å². The van der Waals surface area contributed by atoms with E-state index in [0.717, 1.165) is 30.9 Å². The van der Waals surface area contributed by atoms with Crippen LogP contribution in [-0.2, 0) is 9.53 Å². The average Bonchev–Trinajstić information content (AvgIpc) is 3.09. The zero-order valence-corrected chi connectivity index (χ0v) is 14.8. The van der Waals surface area contributed by atoms with Crippen molar-refractivity contribution in [1.82, 2.24) is 9.80 Å². The minimum absolute atomic E-state index is 0.130. The number of rotatable bonds is 3. The van der Waals surface area contributed by atoms with Crippen molar-refractivity contribution in [3.8, 4) is 11.5 Å². The van der Waals surface area contributed by atoms with Crippen LogP contribution in [0.1, 0.15) is 31.4 Å². The molecule has 0 unspecified atom stereocenters. The number of nitrogens with zero attached hydrogens (tertiary/aromatic N) is 2. The first kappa shape index (κ1) is 16.7. The number of ether oxygens (including phenoxy) is 3. The maximum absolute atomic E-state index is 12.7. The van der Waals surface area contributed by atoms with E-state index in [1.54, 1.807) is 0 Å². The van der Waals surface area contributed by atoms with Crippen LogP contribution in [0.15, 0.2) is 18.2 Å². The molecule has 0 bridgehead atoms. The lowest BCUT2D eigenvalue weighted by molar-refractivity contribution is -0.139. The van der Waals surface area contributed by atoms with Crippen molar-refractivity contribution in [3.63, 3.8) is 0 Å². The number of likely N-dealkylation sites (tertiary alicyclic amines) is 1. The maximum Gasteiger partial charge on any atom is 0.236 e. The number of hydrogen-bond donors (Lipinski definition) is 0. The van der Waals surface area contributed by atoms with Crippen LogP contribution in [-0.4, -0.2) is 67.8 Å². The molecule has 1 aromatic carbocycles. The van der Waals surface area contributed by atoms with E-state index in [0.29, 0.717) is 39.5 Å². The molecule has 0 aliphatic carbocycles. The van der Waals surface area contributed by atoms with Crippen molar-refractivity contribution in [3.05, 3.63) is 23.8 Å². The minimum Gasteiger partial charge on any atom is -0.486 e. The number of benzene rings is 1.